The zero-order chi connectivity index (χ0) is 8.82. The Labute approximate surface area is 85.9 Å². The zero-order valence-corrected chi connectivity index (χ0v) is 10.4. The zero-order valence-electron chi connectivity index (χ0n) is 8.28. The monoisotopic (exact) mass is 280 g/mol. The summed E-state index contributed by atoms with van der Waals surface area (Å²) >= 11 is 0.467. The summed E-state index contributed by atoms with van der Waals surface area (Å²) in [6, 6.07) is 0. The van der Waals surface area contributed by atoms with Crippen LogP contribution in [0.4, 0.5) is 0 Å². The van der Waals surface area contributed by atoms with Crippen molar-refractivity contribution in [1.29, 1.82) is 0 Å². The van der Waals surface area contributed by atoms with E-state index < -0.39 is 0 Å². The third kappa shape index (κ3) is 1.52. The van der Waals surface area contributed by atoms with E-state index in [4.69, 9.17) is 0 Å². The molecule has 2 heterocycles. The van der Waals surface area contributed by atoms with E-state index in [1.165, 1.54) is 25.7 Å². The van der Waals surface area contributed by atoms with Gasteiger partial charge >= 0.3 is 86.0 Å². The van der Waals surface area contributed by atoms with E-state index >= 15 is 0 Å². The number of alkyl halides is 2. The number of halogens is 1. The van der Waals surface area contributed by atoms with Crippen molar-refractivity contribution in [2.24, 2.45) is 0 Å². The van der Waals surface area contributed by atoms with Crippen molar-refractivity contribution in [2.45, 2.75) is 54.5 Å². The molecule has 0 amide bonds. The van der Waals surface area contributed by atoms with Crippen LogP contribution in [0.5, 0.6) is 0 Å². The maximum atomic E-state index is 3.82. The van der Waals surface area contributed by atoms with Gasteiger partial charge in [0.25, 0.3) is 0 Å². The number of fused-ring (bicyclic) bond motifs is 2. The van der Waals surface area contributed by atoms with Gasteiger partial charge in [0.15, 0.2) is 0 Å². The molecule has 0 aromatic heterocycles. The van der Waals surface area contributed by atoms with Gasteiger partial charge in [0, 0.05) is 0 Å². The molecular weight excluding hydrogens is 261 g/mol. The SMILES string of the molecule is C[I-]C1C[C@]2(C)CC[C@](C)(C1)N2. The van der Waals surface area contributed by atoms with Crippen molar-refractivity contribution in [3.05, 3.63) is 0 Å². The van der Waals surface area contributed by atoms with Crippen LogP contribution in [0.3, 0.4) is 0 Å². The third-order valence-corrected chi connectivity index (χ3v) is 6.13. The van der Waals surface area contributed by atoms with Crippen LogP contribution in [0.1, 0.15) is 39.5 Å². The molecule has 2 heteroatoms. The van der Waals surface area contributed by atoms with Crippen LogP contribution >= 0.6 is 0 Å². The van der Waals surface area contributed by atoms with Crippen molar-refractivity contribution in [1.82, 2.24) is 5.32 Å². The summed E-state index contributed by atoms with van der Waals surface area (Å²) in [5.41, 5.74) is 1.01. The molecule has 2 rings (SSSR count). The molecule has 1 N–H and O–H groups in total. The summed E-state index contributed by atoms with van der Waals surface area (Å²) in [5, 5.41) is 3.82. The predicted octanol–water partition coefficient (Wildman–Crippen LogP) is -1.23. The topological polar surface area (TPSA) is 12.0 Å². The summed E-state index contributed by atoms with van der Waals surface area (Å²) in [5.74, 6) is 0. The molecule has 2 aliphatic heterocycles. The predicted molar refractivity (Wildman–Crippen MR) is 48.1 cm³/mol. The van der Waals surface area contributed by atoms with Gasteiger partial charge in [-0.25, -0.2) is 0 Å². The fourth-order valence-corrected chi connectivity index (χ4v) is 5.74. The van der Waals surface area contributed by atoms with E-state index in [0.717, 1.165) is 3.92 Å². The van der Waals surface area contributed by atoms with E-state index in [1.807, 2.05) is 0 Å². The van der Waals surface area contributed by atoms with Gasteiger partial charge in [-0.05, 0) is 0 Å². The van der Waals surface area contributed by atoms with Gasteiger partial charge in [0.1, 0.15) is 0 Å². The molecule has 2 saturated heterocycles. The van der Waals surface area contributed by atoms with Crippen LogP contribution in [0, 0.1) is 0 Å². The number of nitrogens with one attached hydrogen (secondary N) is 1. The van der Waals surface area contributed by atoms with Crippen LogP contribution in [0.25, 0.3) is 0 Å². The normalized spacial score (nSPS) is 53.1. The van der Waals surface area contributed by atoms with Crippen molar-refractivity contribution < 1.29 is 21.2 Å². The molecule has 2 bridgehead atoms. The molecule has 0 aromatic carbocycles. The molecule has 3 atom stereocenters. The van der Waals surface area contributed by atoms with Gasteiger partial charge in [-0.1, -0.05) is 0 Å². The summed E-state index contributed by atoms with van der Waals surface area (Å²) in [4.78, 5) is 2.45. The fourth-order valence-electron chi connectivity index (χ4n) is 2.92. The van der Waals surface area contributed by atoms with Gasteiger partial charge < -0.3 is 0 Å². The molecule has 12 heavy (non-hydrogen) atoms. The van der Waals surface area contributed by atoms with Gasteiger partial charge in [0.05, 0.1) is 0 Å². The molecule has 0 saturated carbocycles. The van der Waals surface area contributed by atoms with Crippen LogP contribution in [0.2, 0.25) is 0 Å². The van der Waals surface area contributed by atoms with Crippen molar-refractivity contribution in [3.8, 4) is 0 Å². The minimum absolute atomic E-state index is 0.467. The fraction of sp³-hybridized carbons (Fsp3) is 1.00. The first kappa shape index (κ1) is 9.25. The Bertz CT molecular complexity index is 176. The summed E-state index contributed by atoms with van der Waals surface area (Å²) in [6.45, 7) is 4.84. The average Bonchev–Trinajstić information content (AvgIpc) is 2.20. The molecular formula is C10H19IN-. The quantitative estimate of drug-likeness (QED) is 0.468. The molecule has 0 spiro atoms. The maximum absolute atomic E-state index is 3.82. The molecule has 72 valence electrons. The Hall–Kier alpha value is 0.690. The van der Waals surface area contributed by atoms with Crippen LogP contribution in [-0.2, 0) is 0 Å². The molecule has 1 unspecified atom stereocenters. The average molecular weight is 280 g/mol. The standard InChI is InChI=1S/C10H19IN/c1-9-4-5-10(2,12-9)7-8(6-9)11-3/h8,12H,4-7H2,1-3H3/q-1/t8?,9-,10+. The Morgan fingerprint density at radius 2 is 1.67 bits per heavy atom. The number of hydrogen-bond acceptors (Lipinski definition) is 1. The Morgan fingerprint density at radius 3 is 2.08 bits per heavy atom. The first-order valence-corrected chi connectivity index (χ1v) is 8.23. The molecule has 0 radical (unpaired) electrons. The number of rotatable bonds is 1. The Kier molecular flexibility index (Phi) is 2.19. The minimum atomic E-state index is 0.467. The van der Waals surface area contributed by atoms with Crippen LogP contribution in [0.15, 0.2) is 0 Å². The van der Waals surface area contributed by atoms with Crippen LogP contribution < -0.4 is 26.5 Å². The van der Waals surface area contributed by atoms with E-state index in [0.29, 0.717) is 32.3 Å². The van der Waals surface area contributed by atoms with Gasteiger partial charge in [-0.15, -0.1) is 0 Å². The first-order chi connectivity index (χ1) is 5.55. The molecule has 0 aromatic rings. The van der Waals surface area contributed by atoms with Crippen molar-refractivity contribution in [2.75, 3.05) is 4.93 Å². The summed E-state index contributed by atoms with van der Waals surface area (Å²) < 4.78 is 1.09. The van der Waals surface area contributed by atoms with Crippen molar-refractivity contribution >= 4 is 0 Å². The van der Waals surface area contributed by atoms with E-state index in [9.17, 15) is 0 Å². The van der Waals surface area contributed by atoms with Crippen molar-refractivity contribution in [3.63, 3.8) is 0 Å². The van der Waals surface area contributed by atoms with Crippen LogP contribution in [-0.4, -0.2) is 19.9 Å². The second-order valence-electron chi connectivity index (χ2n) is 4.97. The van der Waals surface area contributed by atoms with E-state index in [2.05, 4.69) is 24.1 Å². The second kappa shape index (κ2) is 2.84. The van der Waals surface area contributed by atoms with E-state index in [-0.39, 0.29) is 0 Å². The molecule has 2 aliphatic rings. The molecule has 2 fully saturated rings. The Balaban J connectivity index is 2.16. The Morgan fingerprint density at radius 1 is 1.17 bits per heavy atom. The summed E-state index contributed by atoms with van der Waals surface area (Å²) in [6.07, 6.45) is 5.71. The summed E-state index contributed by atoms with van der Waals surface area (Å²) in [7, 11) is 0. The number of piperidine rings is 1. The third-order valence-electron chi connectivity index (χ3n) is 3.48. The van der Waals surface area contributed by atoms with Gasteiger partial charge in [-0.2, -0.15) is 0 Å². The first-order valence-electron chi connectivity index (χ1n) is 4.83. The van der Waals surface area contributed by atoms with E-state index in [1.54, 1.807) is 0 Å². The molecule has 1 nitrogen and oxygen atoms in total. The van der Waals surface area contributed by atoms with Gasteiger partial charge in [0.2, 0.25) is 0 Å². The second-order valence-corrected chi connectivity index (χ2v) is 7.98. The molecule has 0 aliphatic carbocycles. The number of hydrogen-bond donors (Lipinski definition) is 1. The van der Waals surface area contributed by atoms with Gasteiger partial charge in [-0.3, -0.25) is 0 Å².